The molecule has 2 saturated heterocycles. The van der Waals surface area contributed by atoms with Crippen molar-refractivity contribution in [2.45, 2.75) is 89.7 Å². The molecule has 5 heteroatoms. The van der Waals surface area contributed by atoms with Gasteiger partial charge in [0.25, 0.3) is 0 Å². The van der Waals surface area contributed by atoms with Gasteiger partial charge in [-0.2, -0.15) is 0 Å². The smallest absolute Gasteiger partial charge is 0.227 e. The van der Waals surface area contributed by atoms with E-state index in [-0.39, 0.29) is 17.4 Å². The highest BCUT2D eigenvalue weighted by Gasteiger charge is 2.41. The molecule has 1 saturated carbocycles. The summed E-state index contributed by atoms with van der Waals surface area (Å²) in [6, 6.07) is 18.0. The Morgan fingerprint density at radius 3 is 2.44 bits per heavy atom. The molecule has 2 aromatic carbocycles. The molecule has 3 fully saturated rings. The van der Waals surface area contributed by atoms with Crippen LogP contribution in [-0.4, -0.2) is 78.6 Å². The molecule has 2 aromatic rings. The van der Waals surface area contributed by atoms with Crippen molar-refractivity contribution in [1.82, 2.24) is 14.7 Å². The third kappa shape index (κ3) is 7.24. The third-order valence-corrected chi connectivity index (χ3v) is 9.40. The lowest BCUT2D eigenvalue weighted by Gasteiger charge is -2.41. The fraction of sp³-hybridized carbons (Fsp3) is 0.618. The largest absolute Gasteiger partial charge is 0.491 e. The van der Waals surface area contributed by atoms with Crippen molar-refractivity contribution < 1.29 is 9.53 Å². The third-order valence-electron chi connectivity index (χ3n) is 9.40. The Hall–Kier alpha value is -2.37. The molecule has 5 nitrogen and oxygen atoms in total. The number of nitrogens with zero attached hydrogens (tertiary/aromatic N) is 3. The standard InChI is InChI=1S/C34H49N3O2/c1-27(2)39-32-11-7-8-29(24-32)25-33(38)37-19-17-34(26-37,30-14-12-28(3)13-15-30)16-18-35-20-22-36(23-21-35)31-9-5-4-6-10-31/h7-8,11-15,24,27,31H,4-6,9-10,16-23,25-26H2,1-3H3/t34-/m1/s1. The van der Waals surface area contributed by atoms with Gasteiger partial charge < -0.3 is 14.5 Å². The van der Waals surface area contributed by atoms with E-state index in [0.29, 0.717) is 6.42 Å². The first-order valence-electron chi connectivity index (χ1n) is 15.5. The van der Waals surface area contributed by atoms with Gasteiger partial charge in [-0.3, -0.25) is 9.69 Å². The number of carbonyl (C=O) groups excluding carboxylic acids is 1. The van der Waals surface area contributed by atoms with Crippen LogP contribution in [-0.2, 0) is 16.6 Å². The van der Waals surface area contributed by atoms with Gasteiger partial charge in [-0.15, -0.1) is 0 Å². The number of ether oxygens (including phenoxy) is 1. The van der Waals surface area contributed by atoms with Gasteiger partial charge in [0.05, 0.1) is 12.5 Å². The van der Waals surface area contributed by atoms with E-state index in [2.05, 4.69) is 45.9 Å². The topological polar surface area (TPSA) is 36.0 Å². The van der Waals surface area contributed by atoms with Gasteiger partial charge in [-0.1, -0.05) is 61.2 Å². The first kappa shape index (κ1) is 28.2. The van der Waals surface area contributed by atoms with Crippen LogP contribution in [0.25, 0.3) is 0 Å². The molecule has 212 valence electrons. The van der Waals surface area contributed by atoms with E-state index in [0.717, 1.165) is 49.8 Å². The number of aryl methyl sites for hydroxylation is 1. The van der Waals surface area contributed by atoms with Gasteiger partial charge in [0.1, 0.15) is 5.75 Å². The van der Waals surface area contributed by atoms with Crippen LogP contribution >= 0.6 is 0 Å². The number of hydrogen-bond acceptors (Lipinski definition) is 4. The molecule has 2 aliphatic heterocycles. The second-order valence-corrected chi connectivity index (χ2v) is 12.6. The van der Waals surface area contributed by atoms with Crippen molar-refractivity contribution >= 4 is 5.91 Å². The van der Waals surface area contributed by atoms with Crippen LogP contribution in [0.1, 0.15) is 75.5 Å². The lowest BCUT2D eigenvalue weighted by molar-refractivity contribution is -0.129. The Kier molecular flexibility index (Phi) is 9.29. The molecule has 1 atom stereocenters. The summed E-state index contributed by atoms with van der Waals surface area (Å²) >= 11 is 0. The van der Waals surface area contributed by atoms with Gasteiger partial charge in [-0.05, 0) is 76.3 Å². The van der Waals surface area contributed by atoms with E-state index in [1.165, 1.54) is 69.4 Å². The van der Waals surface area contributed by atoms with E-state index >= 15 is 0 Å². The summed E-state index contributed by atoms with van der Waals surface area (Å²) in [6.45, 7) is 13.8. The monoisotopic (exact) mass is 531 g/mol. The fourth-order valence-electron chi connectivity index (χ4n) is 7.03. The van der Waals surface area contributed by atoms with E-state index in [1.54, 1.807) is 0 Å². The van der Waals surface area contributed by atoms with Crippen molar-refractivity contribution in [2.75, 3.05) is 45.8 Å². The average Bonchev–Trinajstić information content (AvgIpc) is 3.39. The Labute approximate surface area is 236 Å². The molecular weight excluding hydrogens is 482 g/mol. The van der Waals surface area contributed by atoms with Crippen molar-refractivity contribution in [2.24, 2.45) is 0 Å². The zero-order valence-electron chi connectivity index (χ0n) is 24.5. The fourth-order valence-corrected chi connectivity index (χ4v) is 7.03. The zero-order valence-corrected chi connectivity index (χ0v) is 24.5. The molecule has 0 bridgehead atoms. The molecule has 0 unspecified atom stereocenters. The average molecular weight is 532 g/mol. The summed E-state index contributed by atoms with van der Waals surface area (Å²) in [7, 11) is 0. The minimum absolute atomic E-state index is 0.0342. The predicted octanol–water partition coefficient (Wildman–Crippen LogP) is 5.84. The second kappa shape index (κ2) is 12.9. The maximum atomic E-state index is 13.5. The molecule has 3 aliphatic rings. The number of amides is 1. The van der Waals surface area contributed by atoms with Crippen LogP contribution in [0, 0.1) is 6.92 Å². The van der Waals surface area contributed by atoms with Crippen LogP contribution in [0.5, 0.6) is 5.75 Å². The van der Waals surface area contributed by atoms with Crippen LogP contribution in [0.3, 0.4) is 0 Å². The van der Waals surface area contributed by atoms with Crippen LogP contribution in [0.2, 0.25) is 0 Å². The molecule has 0 radical (unpaired) electrons. The number of carbonyl (C=O) groups is 1. The lowest BCUT2D eigenvalue weighted by Crippen LogP contribution is -2.51. The maximum Gasteiger partial charge on any atom is 0.227 e. The van der Waals surface area contributed by atoms with Crippen molar-refractivity contribution in [3.05, 3.63) is 65.2 Å². The molecule has 2 heterocycles. The maximum absolute atomic E-state index is 13.5. The van der Waals surface area contributed by atoms with Crippen LogP contribution in [0.4, 0.5) is 0 Å². The summed E-state index contributed by atoms with van der Waals surface area (Å²) in [5, 5.41) is 0. The summed E-state index contributed by atoms with van der Waals surface area (Å²) in [5.74, 6) is 1.07. The first-order valence-corrected chi connectivity index (χ1v) is 15.5. The minimum Gasteiger partial charge on any atom is -0.491 e. The summed E-state index contributed by atoms with van der Waals surface area (Å²) in [4.78, 5) is 21.1. The molecule has 0 N–H and O–H groups in total. The summed E-state index contributed by atoms with van der Waals surface area (Å²) in [6.07, 6.45) is 9.76. The zero-order chi connectivity index (χ0) is 27.2. The second-order valence-electron chi connectivity index (χ2n) is 12.6. The number of benzene rings is 2. The Morgan fingerprint density at radius 1 is 0.974 bits per heavy atom. The molecule has 0 aromatic heterocycles. The van der Waals surface area contributed by atoms with Crippen molar-refractivity contribution in [3.8, 4) is 5.75 Å². The van der Waals surface area contributed by atoms with Gasteiger partial charge in [0, 0.05) is 50.7 Å². The molecule has 5 rings (SSSR count). The number of piperazine rings is 1. The SMILES string of the molecule is Cc1ccc([C@]2(CCN3CCN(C4CCCCC4)CC3)CCN(C(=O)Cc3cccc(OC(C)C)c3)C2)cc1. The number of hydrogen-bond donors (Lipinski definition) is 0. The molecule has 39 heavy (non-hydrogen) atoms. The lowest BCUT2D eigenvalue weighted by atomic mass is 9.76. The highest BCUT2D eigenvalue weighted by Crippen LogP contribution is 2.39. The Balaban J connectivity index is 1.21. The van der Waals surface area contributed by atoms with Gasteiger partial charge >= 0.3 is 0 Å². The van der Waals surface area contributed by atoms with Crippen LogP contribution < -0.4 is 4.74 Å². The predicted molar refractivity (Wildman–Crippen MR) is 159 cm³/mol. The Bertz CT molecular complexity index is 1070. The molecule has 1 aliphatic carbocycles. The quantitative estimate of drug-likeness (QED) is 0.408. The number of likely N-dealkylation sites (tertiary alicyclic amines) is 1. The van der Waals surface area contributed by atoms with Gasteiger partial charge in [-0.25, -0.2) is 0 Å². The van der Waals surface area contributed by atoms with Gasteiger partial charge in [0.2, 0.25) is 5.91 Å². The molecule has 1 amide bonds. The number of rotatable bonds is 9. The van der Waals surface area contributed by atoms with E-state index in [1.807, 2.05) is 38.1 Å². The molecule has 0 spiro atoms. The highest BCUT2D eigenvalue weighted by atomic mass is 16.5. The first-order chi connectivity index (χ1) is 18.9. The van der Waals surface area contributed by atoms with Crippen LogP contribution in [0.15, 0.2) is 48.5 Å². The van der Waals surface area contributed by atoms with E-state index in [9.17, 15) is 4.79 Å². The van der Waals surface area contributed by atoms with E-state index < -0.39 is 0 Å². The van der Waals surface area contributed by atoms with E-state index in [4.69, 9.17) is 4.74 Å². The molecular formula is C34H49N3O2. The normalized spacial score (nSPS) is 23.4. The highest BCUT2D eigenvalue weighted by molar-refractivity contribution is 5.79. The van der Waals surface area contributed by atoms with Crippen molar-refractivity contribution in [1.29, 1.82) is 0 Å². The van der Waals surface area contributed by atoms with Gasteiger partial charge in [0.15, 0.2) is 0 Å². The summed E-state index contributed by atoms with van der Waals surface area (Å²) < 4.78 is 5.86. The summed E-state index contributed by atoms with van der Waals surface area (Å²) in [5.41, 5.74) is 3.76. The Morgan fingerprint density at radius 2 is 1.72 bits per heavy atom. The minimum atomic E-state index is 0.0342. The van der Waals surface area contributed by atoms with Crippen molar-refractivity contribution in [3.63, 3.8) is 0 Å².